The minimum atomic E-state index is -3.32. The summed E-state index contributed by atoms with van der Waals surface area (Å²) >= 11 is 1.21. The highest BCUT2D eigenvalue weighted by atomic mass is 32.1. The van der Waals surface area contributed by atoms with Gasteiger partial charge < -0.3 is 52.0 Å². The molecule has 0 unspecified atom stereocenters. The highest BCUT2D eigenvalue weighted by molar-refractivity contribution is 7.53. The summed E-state index contributed by atoms with van der Waals surface area (Å²) in [5.41, 5.74) is 0.0650. The quantitative estimate of drug-likeness (QED) is 0.0760. The predicted octanol–water partition coefficient (Wildman–Crippen LogP) is 9.99. The molecule has 2 aliphatic rings. The van der Waals surface area contributed by atoms with Crippen molar-refractivity contribution in [1.82, 2.24) is 14.8 Å². The topological polar surface area (TPSA) is 200 Å². The summed E-state index contributed by atoms with van der Waals surface area (Å²) in [5, 5.41) is 4.85. The smallest absolute Gasteiger partial charge is 0.410 e. The largest absolute Gasteiger partial charge is 0.491 e. The molecule has 18 nitrogen and oxygen atoms in total. The zero-order valence-corrected chi connectivity index (χ0v) is 42.8. The van der Waals surface area contributed by atoms with Crippen molar-refractivity contribution in [3.05, 3.63) is 58.6 Å². The number of benzene rings is 2. The van der Waals surface area contributed by atoms with E-state index in [2.05, 4.69) is 10.3 Å². The molecular formula is C47H69N4O14PS. The zero-order chi connectivity index (χ0) is 49.7. The average molecular weight is 977 g/mol. The van der Waals surface area contributed by atoms with Gasteiger partial charge in [0.15, 0.2) is 5.13 Å². The molecule has 0 bridgehead atoms. The van der Waals surface area contributed by atoms with E-state index in [1.807, 2.05) is 69.2 Å². The van der Waals surface area contributed by atoms with Crippen molar-refractivity contribution in [2.24, 2.45) is 0 Å². The van der Waals surface area contributed by atoms with E-state index in [1.165, 1.54) is 18.4 Å². The summed E-state index contributed by atoms with van der Waals surface area (Å²) in [6.07, 6.45) is 0.000197. The summed E-state index contributed by atoms with van der Waals surface area (Å²) < 4.78 is 62.9. The first kappa shape index (κ1) is 54.5. The van der Waals surface area contributed by atoms with E-state index in [1.54, 1.807) is 65.4 Å². The van der Waals surface area contributed by atoms with Crippen molar-refractivity contribution in [3.8, 4) is 23.0 Å². The van der Waals surface area contributed by atoms with Crippen LogP contribution in [-0.4, -0.2) is 121 Å². The van der Waals surface area contributed by atoms with Crippen molar-refractivity contribution in [1.29, 1.82) is 0 Å². The lowest BCUT2D eigenvalue weighted by Crippen LogP contribution is -2.36. The summed E-state index contributed by atoms with van der Waals surface area (Å²) in [5.74, 6) is 1.10. The Kier molecular flexibility index (Phi) is 19.7. The molecule has 3 aromatic rings. The van der Waals surface area contributed by atoms with Crippen molar-refractivity contribution < 1.29 is 65.9 Å². The molecule has 0 saturated carbocycles. The first-order valence-corrected chi connectivity index (χ1v) is 25.1. The van der Waals surface area contributed by atoms with Gasteiger partial charge in [0.1, 0.15) is 46.4 Å². The zero-order valence-electron chi connectivity index (χ0n) is 41.1. The second-order valence-corrected chi connectivity index (χ2v) is 21.2. The molecule has 2 aromatic carbocycles. The monoisotopic (exact) mass is 976 g/mol. The van der Waals surface area contributed by atoms with Gasteiger partial charge in [-0.3, -0.25) is 14.7 Å². The SMILES string of the molecule is CCOP(=O)(Cc1csc(NC(=O)c2cc(OC(C)C)cc(O[C@H]3CCN(C(=O)OC(C)(C)C)C3)c2)n1)OCC.COC(=O)c1cc(OC(C)C)cc(O[C@H]2CCN(C(=O)OC(C)(C)C)C2)c1. The molecule has 372 valence electrons. The number of methoxy groups -OCH3 is 1. The fraction of sp³-hybridized carbons (Fsp3) is 0.596. The molecule has 3 heterocycles. The van der Waals surface area contributed by atoms with Crippen molar-refractivity contribution in [2.45, 2.75) is 138 Å². The van der Waals surface area contributed by atoms with Gasteiger partial charge in [-0.1, -0.05) is 0 Å². The minimum Gasteiger partial charge on any atom is -0.491 e. The van der Waals surface area contributed by atoms with E-state index in [4.69, 9.17) is 42.2 Å². The number of thiazole rings is 1. The van der Waals surface area contributed by atoms with Crippen molar-refractivity contribution >= 4 is 48.1 Å². The van der Waals surface area contributed by atoms with E-state index < -0.39 is 30.7 Å². The van der Waals surface area contributed by atoms with Crippen LogP contribution >= 0.6 is 18.9 Å². The normalized spacial score (nSPS) is 16.3. The van der Waals surface area contributed by atoms with Crippen LogP contribution in [0.2, 0.25) is 0 Å². The minimum absolute atomic E-state index is 0.0124. The van der Waals surface area contributed by atoms with Crippen LogP contribution in [0, 0.1) is 0 Å². The molecule has 67 heavy (non-hydrogen) atoms. The van der Waals surface area contributed by atoms with Gasteiger partial charge in [-0.05, 0) is 107 Å². The van der Waals surface area contributed by atoms with E-state index in [0.29, 0.717) is 84.0 Å². The van der Waals surface area contributed by atoms with E-state index in [-0.39, 0.29) is 56.0 Å². The lowest BCUT2D eigenvalue weighted by Gasteiger charge is -2.24. The van der Waals surface area contributed by atoms with Crippen LogP contribution < -0.4 is 24.3 Å². The molecule has 2 fully saturated rings. The van der Waals surface area contributed by atoms with E-state index >= 15 is 0 Å². The van der Waals surface area contributed by atoms with Crippen LogP contribution in [0.25, 0.3) is 0 Å². The number of carbonyl (C=O) groups excluding carboxylic acids is 4. The number of amides is 3. The number of rotatable bonds is 17. The number of esters is 1. The first-order chi connectivity index (χ1) is 31.4. The summed E-state index contributed by atoms with van der Waals surface area (Å²) in [7, 11) is -1.99. The van der Waals surface area contributed by atoms with Gasteiger partial charge in [-0.15, -0.1) is 11.3 Å². The molecule has 2 aliphatic heterocycles. The van der Waals surface area contributed by atoms with Crippen molar-refractivity contribution in [3.63, 3.8) is 0 Å². The molecule has 3 amide bonds. The summed E-state index contributed by atoms with van der Waals surface area (Å²) in [4.78, 5) is 57.4. The number of nitrogens with one attached hydrogen (secondary N) is 1. The Balaban J connectivity index is 0.000000316. The summed E-state index contributed by atoms with van der Waals surface area (Å²) in [6, 6.07) is 9.98. The maximum absolute atomic E-state index is 13.2. The maximum Gasteiger partial charge on any atom is 0.410 e. The lowest BCUT2D eigenvalue weighted by atomic mass is 10.2. The van der Waals surface area contributed by atoms with Gasteiger partial charge in [-0.2, -0.15) is 0 Å². The highest BCUT2D eigenvalue weighted by Crippen LogP contribution is 2.51. The Morgan fingerprint density at radius 3 is 1.61 bits per heavy atom. The van der Waals surface area contributed by atoms with Crippen LogP contribution in [0.5, 0.6) is 23.0 Å². The van der Waals surface area contributed by atoms with Crippen molar-refractivity contribution in [2.75, 3.05) is 51.8 Å². The van der Waals surface area contributed by atoms with Crippen LogP contribution in [0.1, 0.15) is 122 Å². The molecule has 20 heteroatoms. The third-order valence-corrected chi connectivity index (χ3v) is 12.0. The van der Waals surface area contributed by atoms with Crippen LogP contribution in [-0.2, 0) is 34.0 Å². The van der Waals surface area contributed by atoms with Crippen LogP contribution in [0.15, 0.2) is 41.8 Å². The Morgan fingerprint density at radius 2 is 1.18 bits per heavy atom. The number of hydrogen-bond acceptors (Lipinski definition) is 16. The molecule has 5 rings (SSSR count). The number of nitrogens with zero attached hydrogens (tertiary/aromatic N) is 3. The third kappa shape index (κ3) is 18.5. The molecule has 0 spiro atoms. The van der Waals surface area contributed by atoms with Gasteiger partial charge in [0, 0.05) is 49.0 Å². The molecule has 0 aliphatic carbocycles. The average Bonchev–Trinajstić information content (AvgIpc) is 3.98. The van der Waals surface area contributed by atoms with Gasteiger partial charge in [0.25, 0.3) is 5.91 Å². The molecular weight excluding hydrogens is 908 g/mol. The standard InChI is InChI=1S/C27H40N3O8PS.C20H29NO6/c1-8-34-39(33,35-9-2)16-20-17-40-25(28-20)29-24(31)19-12-22(36-18(3)4)14-23(13-19)37-21-10-11-30(15-21)26(32)38-27(5,6)7;1-13(2)25-16-9-14(18(22)24-6)10-17(11-16)26-15-7-8-21(12-15)19(23)27-20(3,4)5/h12-14,17-18,21H,8-11,15-16H2,1-7H3,(H,28,29,31);9-11,13,15H,7-8,12H2,1-6H3/t21-;15-/m00/s1. The first-order valence-electron chi connectivity index (χ1n) is 22.5. The Labute approximate surface area is 398 Å². The molecule has 1 N–H and O–H groups in total. The van der Waals surface area contributed by atoms with Gasteiger partial charge in [0.05, 0.1) is 63.0 Å². The summed E-state index contributed by atoms with van der Waals surface area (Å²) in [6.45, 7) is 24.5. The molecule has 0 radical (unpaired) electrons. The fourth-order valence-corrected chi connectivity index (χ4v) is 9.10. The predicted molar refractivity (Wildman–Crippen MR) is 254 cm³/mol. The van der Waals surface area contributed by atoms with E-state index in [0.717, 1.165) is 0 Å². The second-order valence-electron chi connectivity index (χ2n) is 18.3. The molecule has 1 aromatic heterocycles. The maximum atomic E-state index is 13.2. The molecule has 2 saturated heterocycles. The number of aromatic nitrogens is 1. The Morgan fingerprint density at radius 1 is 0.731 bits per heavy atom. The highest BCUT2D eigenvalue weighted by Gasteiger charge is 2.33. The lowest BCUT2D eigenvalue weighted by molar-refractivity contribution is 0.0266. The van der Waals surface area contributed by atoms with Gasteiger partial charge in [0.2, 0.25) is 0 Å². The number of carbonyl (C=O) groups is 4. The van der Waals surface area contributed by atoms with E-state index in [9.17, 15) is 23.7 Å². The number of likely N-dealkylation sites (tertiary alicyclic amines) is 2. The fourth-order valence-electron chi connectivity index (χ4n) is 6.67. The van der Waals surface area contributed by atoms with Crippen LogP contribution in [0.3, 0.4) is 0 Å². The number of anilines is 1. The van der Waals surface area contributed by atoms with Gasteiger partial charge >= 0.3 is 25.8 Å². The Hall–Kier alpha value is -5.10. The molecule has 2 atom stereocenters. The van der Waals surface area contributed by atoms with Gasteiger partial charge in [-0.25, -0.2) is 19.4 Å². The number of ether oxygens (including phenoxy) is 7. The third-order valence-electron chi connectivity index (χ3n) is 9.17. The second kappa shape index (κ2) is 24.3. The number of hydrogen-bond donors (Lipinski definition) is 1. The van der Waals surface area contributed by atoms with Crippen LogP contribution in [0.4, 0.5) is 14.7 Å². The Bertz CT molecular complexity index is 2180.